The van der Waals surface area contributed by atoms with Crippen molar-refractivity contribution in [2.75, 3.05) is 26.2 Å². The number of aromatic amines is 1. The van der Waals surface area contributed by atoms with E-state index in [0.29, 0.717) is 39.0 Å². The van der Waals surface area contributed by atoms with E-state index in [-0.39, 0.29) is 11.8 Å². The van der Waals surface area contributed by atoms with E-state index in [4.69, 9.17) is 0 Å². The number of nitrogens with one attached hydrogen (secondary N) is 1. The van der Waals surface area contributed by atoms with E-state index >= 15 is 0 Å². The molecular weight excluding hydrogens is 292 g/mol. The van der Waals surface area contributed by atoms with Crippen LogP contribution in [0, 0.1) is 0 Å². The summed E-state index contributed by atoms with van der Waals surface area (Å²) in [6.45, 7) is 2.45. The van der Waals surface area contributed by atoms with Crippen LogP contribution in [0.25, 0.3) is 0 Å². The molecule has 1 N–H and O–H groups in total. The predicted octanol–water partition coefficient (Wildman–Crippen LogP) is 0.809. The second-order valence-electron chi connectivity index (χ2n) is 6.00. The fourth-order valence-corrected chi connectivity index (χ4v) is 2.91. The Balaban J connectivity index is 1.47. The third-order valence-electron chi connectivity index (χ3n) is 4.24. The lowest BCUT2D eigenvalue weighted by molar-refractivity contribution is -0.138. The van der Waals surface area contributed by atoms with E-state index in [0.717, 1.165) is 11.3 Å². The molecule has 0 atom stereocenters. The Morgan fingerprint density at radius 2 is 1.70 bits per heavy atom. The van der Waals surface area contributed by atoms with Crippen molar-refractivity contribution in [2.45, 2.75) is 12.8 Å². The molecule has 0 aliphatic carbocycles. The van der Waals surface area contributed by atoms with Gasteiger partial charge in [0.2, 0.25) is 11.8 Å². The predicted molar refractivity (Wildman–Crippen MR) is 86.8 cm³/mol. The summed E-state index contributed by atoms with van der Waals surface area (Å²) >= 11 is 0. The van der Waals surface area contributed by atoms with Crippen molar-refractivity contribution >= 4 is 11.8 Å². The molecule has 1 aliphatic heterocycles. The molecule has 1 saturated heterocycles. The molecular formula is C17H22N4O2. The normalized spacial score (nSPS) is 15.0. The summed E-state index contributed by atoms with van der Waals surface area (Å²) in [7, 11) is 1.95. The number of rotatable bonds is 4. The van der Waals surface area contributed by atoms with Crippen molar-refractivity contribution < 1.29 is 9.59 Å². The fourth-order valence-electron chi connectivity index (χ4n) is 2.91. The number of hydrogen-bond acceptors (Lipinski definition) is 2. The van der Waals surface area contributed by atoms with Crippen LogP contribution >= 0.6 is 0 Å². The van der Waals surface area contributed by atoms with Gasteiger partial charge in [-0.15, -0.1) is 0 Å². The molecule has 122 valence electrons. The van der Waals surface area contributed by atoms with E-state index in [1.54, 1.807) is 0 Å². The van der Waals surface area contributed by atoms with Gasteiger partial charge in [-0.2, -0.15) is 0 Å². The first kappa shape index (κ1) is 15.4. The minimum absolute atomic E-state index is 0.114. The van der Waals surface area contributed by atoms with Gasteiger partial charge in [0.25, 0.3) is 0 Å². The second kappa shape index (κ2) is 6.73. The van der Waals surface area contributed by atoms with Crippen LogP contribution in [0.3, 0.4) is 0 Å². The molecule has 6 nitrogen and oxygen atoms in total. The second-order valence-corrected chi connectivity index (χ2v) is 6.00. The highest BCUT2D eigenvalue weighted by Gasteiger charge is 2.24. The highest BCUT2D eigenvalue weighted by Crippen LogP contribution is 2.09. The van der Waals surface area contributed by atoms with Gasteiger partial charge in [-0.3, -0.25) is 9.59 Å². The van der Waals surface area contributed by atoms with Gasteiger partial charge in [-0.05, 0) is 23.8 Å². The minimum Gasteiger partial charge on any atom is -0.365 e. The molecule has 0 aromatic carbocycles. The van der Waals surface area contributed by atoms with Crippen LogP contribution in [0.1, 0.15) is 11.3 Å². The summed E-state index contributed by atoms with van der Waals surface area (Å²) in [5.41, 5.74) is 1.96. The number of carbonyl (C=O) groups excluding carboxylic acids is 2. The van der Waals surface area contributed by atoms with Gasteiger partial charge in [0, 0.05) is 57.5 Å². The van der Waals surface area contributed by atoms with Gasteiger partial charge >= 0.3 is 0 Å². The molecule has 0 spiro atoms. The van der Waals surface area contributed by atoms with E-state index in [9.17, 15) is 9.59 Å². The van der Waals surface area contributed by atoms with Crippen molar-refractivity contribution in [1.29, 1.82) is 0 Å². The standard InChI is InChI=1S/C17H22N4O2/c1-19-6-4-14(13-19)11-16(22)20-7-9-21(10-8-20)17(23)12-15-3-2-5-18-15/h2-6,13,18H,7-12H2,1H3. The lowest BCUT2D eigenvalue weighted by Crippen LogP contribution is -2.51. The van der Waals surface area contributed by atoms with Gasteiger partial charge in [0.15, 0.2) is 0 Å². The largest absolute Gasteiger partial charge is 0.365 e. The number of nitrogens with zero attached hydrogens (tertiary/aromatic N) is 3. The number of amides is 2. The number of piperazine rings is 1. The molecule has 3 rings (SSSR count). The number of aryl methyl sites for hydroxylation is 1. The number of aromatic nitrogens is 2. The Morgan fingerprint density at radius 1 is 1.04 bits per heavy atom. The Labute approximate surface area is 135 Å². The van der Waals surface area contributed by atoms with E-state index in [1.807, 2.05) is 58.2 Å². The molecule has 0 radical (unpaired) electrons. The first-order valence-electron chi connectivity index (χ1n) is 7.90. The van der Waals surface area contributed by atoms with Crippen molar-refractivity contribution in [1.82, 2.24) is 19.4 Å². The van der Waals surface area contributed by atoms with Gasteiger partial charge in [-0.1, -0.05) is 0 Å². The minimum atomic E-state index is 0.114. The zero-order valence-corrected chi connectivity index (χ0v) is 13.4. The van der Waals surface area contributed by atoms with Crippen molar-refractivity contribution in [3.63, 3.8) is 0 Å². The molecule has 2 amide bonds. The summed E-state index contributed by atoms with van der Waals surface area (Å²) in [4.78, 5) is 31.3. The summed E-state index contributed by atoms with van der Waals surface area (Å²) in [5.74, 6) is 0.246. The fraction of sp³-hybridized carbons (Fsp3) is 0.412. The van der Waals surface area contributed by atoms with Crippen molar-refractivity contribution in [3.8, 4) is 0 Å². The average molecular weight is 314 g/mol. The maximum absolute atomic E-state index is 12.3. The van der Waals surface area contributed by atoms with E-state index < -0.39 is 0 Å². The Bertz CT molecular complexity index is 667. The highest BCUT2D eigenvalue weighted by molar-refractivity contribution is 5.80. The SMILES string of the molecule is Cn1ccc(CC(=O)N2CCN(C(=O)Cc3ccc[nH]3)CC2)c1. The van der Waals surface area contributed by atoms with Crippen LogP contribution in [0.5, 0.6) is 0 Å². The topological polar surface area (TPSA) is 61.3 Å². The van der Waals surface area contributed by atoms with Crippen molar-refractivity contribution in [2.24, 2.45) is 7.05 Å². The smallest absolute Gasteiger partial charge is 0.228 e. The van der Waals surface area contributed by atoms with Crippen LogP contribution in [-0.2, 0) is 29.5 Å². The third-order valence-corrected chi connectivity index (χ3v) is 4.24. The maximum Gasteiger partial charge on any atom is 0.228 e. The molecule has 0 unspecified atom stereocenters. The molecule has 1 aliphatic rings. The molecule has 0 saturated carbocycles. The number of H-pyrrole nitrogens is 1. The van der Waals surface area contributed by atoms with Crippen LogP contribution in [0.4, 0.5) is 0 Å². The average Bonchev–Trinajstić information content (AvgIpc) is 3.19. The molecule has 3 heterocycles. The summed E-state index contributed by atoms with van der Waals surface area (Å²) in [6, 6.07) is 5.77. The third kappa shape index (κ3) is 3.83. The maximum atomic E-state index is 12.3. The van der Waals surface area contributed by atoms with Crippen LogP contribution in [-0.4, -0.2) is 57.3 Å². The quantitative estimate of drug-likeness (QED) is 0.908. The summed E-state index contributed by atoms with van der Waals surface area (Å²) in [6.07, 6.45) is 6.55. The molecule has 6 heteroatoms. The van der Waals surface area contributed by atoms with Crippen molar-refractivity contribution in [3.05, 3.63) is 48.0 Å². The van der Waals surface area contributed by atoms with Gasteiger partial charge < -0.3 is 19.4 Å². The van der Waals surface area contributed by atoms with E-state index in [2.05, 4.69) is 4.98 Å². The van der Waals surface area contributed by atoms with Crippen LogP contribution in [0.15, 0.2) is 36.8 Å². The van der Waals surface area contributed by atoms with Gasteiger partial charge in [-0.25, -0.2) is 0 Å². The van der Waals surface area contributed by atoms with Crippen LogP contribution in [0.2, 0.25) is 0 Å². The zero-order valence-electron chi connectivity index (χ0n) is 13.4. The molecule has 1 fully saturated rings. The zero-order chi connectivity index (χ0) is 16.2. The summed E-state index contributed by atoms with van der Waals surface area (Å²) < 4.78 is 1.94. The molecule has 2 aromatic heterocycles. The molecule has 0 bridgehead atoms. The van der Waals surface area contributed by atoms with Gasteiger partial charge in [0.1, 0.15) is 0 Å². The molecule has 2 aromatic rings. The van der Waals surface area contributed by atoms with Crippen LogP contribution < -0.4 is 0 Å². The first-order chi connectivity index (χ1) is 11.1. The summed E-state index contributed by atoms with van der Waals surface area (Å²) in [5, 5.41) is 0. The Hall–Kier alpha value is -2.50. The Kier molecular flexibility index (Phi) is 4.50. The highest BCUT2D eigenvalue weighted by atomic mass is 16.2. The number of carbonyl (C=O) groups is 2. The monoisotopic (exact) mass is 314 g/mol. The van der Waals surface area contributed by atoms with E-state index in [1.165, 1.54) is 0 Å². The molecule has 23 heavy (non-hydrogen) atoms. The lowest BCUT2D eigenvalue weighted by Gasteiger charge is -2.34. The lowest BCUT2D eigenvalue weighted by atomic mass is 10.2. The van der Waals surface area contributed by atoms with Gasteiger partial charge in [0.05, 0.1) is 12.8 Å². The first-order valence-corrected chi connectivity index (χ1v) is 7.90. The number of hydrogen-bond donors (Lipinski definition) is 1. The Morgan fingerprint density at radius 3 is 2.22 bits per heavy atom.